The molecular formula is C16H18ClNO2S. The highest BCUT2D eigenvalue weighted by Crippen LogP contribution is 2.31. The van der Waals surface area contributed by atoms with Crippen LogP contribution < -0.4 is 4.74 Å². The molecule has 1 aliphatic rings. The van der Waals surface area contributed by atoms with Gasteiger partial charge in [-0.2, -0.15) is 0 Å². The molecule has 1 aromatic rings. The number of ether oxygens (including phenoxy) is 1. The van der Waals surface area contributed by atoms with Crippen molar-refractivity contribution >= 4 is 29.1 Å². The minimum Gasteiger partial charge on any atom is -0.496 e. The van der Waals surface area contributed by atoms with Gasteiger partial charge in [-0.05, 0) is 30.0 Å². The first-order chi connectivity index (χ1) is 10.2. The largest absolute Gasteiger partial charge is 0.496 e. The van der Waals surface area contributed by atoms with E-state index >= 15 is 0 Å². The molecule has 1 aromatic carbocycles. The normalized spacial score (nSPS) is 15.8. The van der Waals surface area contributed by atoms with E-state index in [1.54, 1.807) is 43.1 Å². The van der Waals surface area contributed by atoms with Crippen LogP contribution in [0.25, 0.3) is 0 Å². The number of hydrogen-bond donors (Lipinski definition) is 0. The summed E-state index contributed by atoms with van der Waals surface area (Å²) in [6, 6.07) is 5.07. The monoisotopic (exact) mass is 323 g/mol. The molecule has 112 valence electrons. The number of carbonyl (C=O) groups excluding carboxylic acids is 1. The minimum absolute atomic E-state index is 0.0953. The summed E-state index contributed by atoms with van der Waals surface area (Å²) in [6.45, 7) is 3.07. The fourth-order valence-electron chi connectivity index (χ4n) is 2.01. The Kier molecular flexibility index (Phi) is 5.76. The lowest BCUT2D eigenvalue weighted by Gasteiger charge is -2.17. The molecule has 2 rings (SSSR count). The highest BCUT2D eigenvalue weighted by Gasteiger charge is 2.16. The van der Waals surface area contributed by atoms with Gasteiger partial charge in [-0.15, -0.1) is 0 Å². The summed E-state index contributed by atoms with van der Waals surface area (Å²) in [6.07, 6.45) is 5.87. The van der Waals surface area contributed by atoms with Crippen LogP contribution in [0.3, 0.4) is 0 Å². The van der Waals surface area contributed by atoms with Gasteiger partial charge in [0.1, 0.15) is 5.75 Å². The van der Waals surface area contributed by atoms with Crippen LogP contribution in [-0.2, 0) is 0 Å². The fourth-order valence-corrected chi connectivity index (χ4v) is 2.99. The molecule has 21 heavy (non-hydrogen) atoms. The Morgan fingerprint density at radius 2 is 2.29 bits per heavy atom. The summed E-state index contributed by atoms with van der Waals surface area (Å²) < 4.78 is 5.23. The third-order valence-electron chi connectivity index (χ3n) is 3.15. The van der Waals surface area contributed by atoms with Gasteiger partial charge in [-0.3, -0.25) is 4.79 Å². The Hall–Kier alpha value is -1.39. The van der Waals surface area contributed by atoms with Crippen LogP contribution in [0.4, 0.5) is 0 Å². The number of rotatable bonds is 6. The zero-order valence-electron chi connectivity index (χ0n) is 12.1. The van der Waals surface area contributed by atoms with Gasteiger partial charge in [0.15, 0.2) is 5.78 Å². The standard InChI is InChI=1S/C16H18ClNO2S/c1-3-4-7-18-8-9-21-16(18)11-14(19)13-10-12(17)5-6-15(13)20-2/h5-6,8-11H,3-4,7H2,1-2H3. The highest BCUT2D eigenvalue weighted by atomic mass is 35.5. The molecule has 0 unspecified atom stereocenters. The van der Waals surface area contributed by atoms with Gasteiger partial charge in [0.2, 0.25) is 0 Å². The van der Waals surface area contributed by atoms with E-state index in [0.717, 1.165) is 24.4 Å². The van der Waals surface area contributed by atoms with E-state index in [4.69, 9.17) is 16.3 Å². The number of thioether (sulfide) groups is 1. The molecule has 0 saturated heterocycles. The van der Waals surface area contributed by atoms with E-state index in [1.807, 2.05) is 11.6 Å². The molecule has 0 saturated carbocycles. The number of unbranched alkanes of at least 4 members (excludes halogenated alkanes) is 1. The summed E-state index contributed by atoms with van der Waals surface area (Å²) in [7, 11) is 1.55. The predicted octanol–water partition coefficient (Wildman–Crippen LogP) is 4.69. The first-order valence-electron chi connectivity index (χ1n) is 6.85. The molecule has 1 aliphatic heterocycles. The van der Waals surface area contributed by atoms with Crippen LogP contribution in [0, 0.1) is 0 Å². The predicted molar refractivity (Wildman–Crippen MR) is 88.8 cm³/mol. The van der Waals surface area contributed by atoms with Gasteiger partial charge in [-0.25, -0.2) is 0 Å². The van der Waals surface area contributed by atoms with Gasteiger partial charge >= 0.3 is 0 Å². The number of benzene rings is 1. The summed E-state index contributed by atoms with van der Waals surface area (Å²) in [4.78, 5) is 14.6. The van der Waals surface area contributed by atoms with Crippen molar-refractivity contribution in [3.05, 3.63) is 51.5 Å². The van der Waals surface area contributed by atoms with Gasteiger partial charge < -0.3 is 9.64 Å². The third kappa shape index (κ3) is 4.05. The number of ketones is 1. The molecule has 0 N–H and O–H groups in total. The minimum atomic E-state index is -0.0953. The lowest BCUT2D eigenvalue weighted by atomic mass is 10.1. The average Bonchev–Trinajstić information content (AvgIpc) is 2.92. The first kappa shape index (κ1) is 16.0. The molecule has 0 spiro atoms. The third-order valence-corrected chi connectivity index (χ3v) is 4.23. The van der Waals surface area contributed by atoms with Gasteiger partial charge in [0.05, 0.1) is 17.7 Å². The van der Waals surface area contributed by atoms with Crippen molar-refractivity contribution in [2.75, 3.05) is 13.7 Å². The van der Waals surface area contributed by atoms with E-state index in [9.17, 15) is 4.79 Å². The second-order valence-corrected chi connectivity index (χ2v) is 6.00. The summed E-state index contributed by atoms with van der Waals surface area (Å²) in [5, 5.41) is 3.46. The van der Waals surface area contributed by atoms with Gasteiger partial charge in [-0.1, -0.05) is 36.7 Å². The molecule has 0 amide bonds. The lowest BCUT2D eigenvalue weighted by molar-refractivity contribution is 0.104. The molecule has 0 aromatic heterocycles. The van der Waals surface area contributed by atoms with E-state index in [1.165, 1.54) is 0 Å². The zero-order valence-corrected chi connectivity index (χ0v) is 13.7. The maximum atomic E-state index is 12.5. The maximum Gasteiger partial charge on any atom is 0.192 e. The van der Waals surface area contributed by atoms with Crippen molar-refractivity contribution < 1.29 is 9.53 Å². The summed E-state index contributed by atoms with van der Waals surface area (Å²) in [5.41, 5.74) is 0.487. The second-order valence-electron chi connectivity index (χ2n) is 4.64. The number of nitrogens with zero attached hydrogens (tertiary/aromatic N) is 1. The van der Waals surface area contributed by atoms with Crippen LogP contribution in [-0.4, -0.2) is 24.3 Å². The Bertz CT molecular complexity index is 584. The Morgan fingerprint density at radius 1 is 1.48 bits per heavy atom. The van der Waals surface area contributed by atoms with Crippen molar-refractivity contribution in [1.82, 2.24) is 4.90 Å². The van der Waals surface area contributed by atoms with Crippen molar-refractivity contribution in [3.63, 3.8) is 0 Å². The quantitative estimate of drug-likeness (QED) is 0.561. The second kappa shape index (κ2) is 7.57. The van der Waals surface area contributed by atoms with Crippen LogP contribution in [0.5, 0.6) is 5.75 Å². The van der Waals surface area contributed by atoms with Gasteiger partial charge in [0.25, 0.3) is 0 Å². The zero-order chi connectivity index (χ0) is 15.2. The smallest absolute Gasteiger partial charge is 0.192 e. The number of halogens is 1. The fraction of sp³-hybridized carbons (Fsp3) is 0.312. The van der Waals surface area contributed by atoms with Crippen molar-refractivity contribution in [1.29, 1.82) is 0 Å². The molecule has 5 heteroatoms. The van der Waals surface area contributed by atoms with Crippen LogP contribution in [0.1, 0.15) is 30.1 Å². The van der Waals surface area contributed by atoms with E-state index in [-0.39, 0.29) is 5.78 Å². The number of allylic oxidation sites excluding steroid dienone is 1. The van der Waals surface area contributed by atoms with Crippen molar-refractivity contribution in [3.8, 4) is 5.75 Å². The number of methoxy groups -OCH3 is 1. The molecule has 0 aliphatic carbocycles. The van der Waals surface area contributed by atoms with Gasteiger partial charge in [0, 0.05) is 23.8 Å². The molecule has 0 atom stereocenters. The molecular weight excluding hydrogens is 306 g/mol. The maximum absolute atomic E-state index is 12.5. The van der Waals surface area contributed by atoms with Crippen LogP contribution in [0.2, 0.25) is 5.02 Å². The molecule has 0 fully saturated rings. The first-order valence-corrected chi connectivity index (χ1v) is 8.11. The molecule has 0 radical (unpaired) electrons. The Labute approximate surface area is 134 Å². The molecule has 1 heterocycles. The molecule has 3 nitrogen and oxygen atoms in total. The lowest BCUT2D eigenvalue weighted by Crippen LogP contribution is -2.14. The molecule has 0 bridgehead atoms. The Morgan fingerprint density at radius 3 is 3.00 bits per heavy atom. The van der Waals surface area contributed by atoms with Crippen molar-refractivity contribution in [2.45, 2.75) is 19.8 Å². The van der Waals surface area contributed by atoms with Crippen LogP contribution >= 0.6 is 23.4 Å². The van der Waals surface area contributed by atoms with Crippen LogP contribution in [0.15, 0.2) is 40.9 Å². The van der Waals surface area contributed by atoms with Crippen molar-refractivity contribution in [2.24, 2.45) is 0 Å². The van der Waals surface area contributed by atoms with E-state index in [2.05, 4.69) is 11.8 Å². The summed E-state index contributed by atoms with van der Waals surface area (Å²) in [5.74, 6) is 0.444. The topological polar surface area (TPSA) is 29.5 Å². The number of hydrogen-bond acceptors (Lipinski definition) is 4. The summed E-state index contributed by atoms with van der Waals surface area (Å²) >= 11 is 7.53. The SMILES string of the molecule is CCCCN1C=CSC1=CC(=O)c1cc(Cl)ccc1OC. The van der Waals surface area contributed by atoms with E-state index in [0.29, 0.717) is 16.3 Å². The highest BCUT2D eigenvalue weighted by molar-refractivity contribution is 8.06. The number of carbonyl (C=O) groups is 1. The van der Waals surface area contributed by atoms with E-state index < -0.39 is 0 Å². The Balaban J connectivity index is 2.20. The average molecular weight is 324 g/mol.